The number of ketones is 1. The first-order chi connectivity index (χ1) is 11.0. The quantitative estimate of drug-likeness (QED) is 0.746. The predicted octanol–water partition coefficient (Wildman–Crippen LogP) is 3.88. The Morgan fingerprint density at radius 1 is 1.22 bits per heavy atom. The zero-order valence-corrected chi connectivity index (χ0v) is 14.2. The Morgan fingerprint density at radius 2 is 2.04 bits per heavy atom. The number of carbonyl (C=O) groups excluding carboxylic acids is 1. The van der Waals surface area contributed by atoms with Gasteiger partial charge in [-0.05, 0) is 81.1 Å². The fourth-order valence-corrected chi connectivity index (χ4v) is 6.96. The number of fused-ring (bicyclic) bond motifs is 5. The first-order valence-electron chi connectivity index (χ1n) is 9.48. The first-order valence-corrected chi connectivity index (χ1v) is 9.48. The third kappa shape index (κ3) is 1.96. The minimum absolute atomic E-state index is 0.0609. The highest BCUT2D eigenvalue weighted by molar-refractivity contribution is 5.91. The van der Waals surface area contributed by atoms with E-state index >= 15 is 0 Å². The molecule has 0 aromatic rings. The van der Waals surface area contributed by atoms with E-state index in [1.165, 1.54) is 18.4 Å². The molecule has 0 aliphatic heterocycles. The Hall–Kier alpha value is -1.07. The van der Waals surface area contributed by atoms with E-state index < -0.39 is 5.60 Å². The summed E-state index contributed by atoms with van der Waals surface area (Å²) in [6.45, 7) is 2.22. The predicted molar refractivity (Wildman–Crippen MR) is 90.5 cm³/mol. The van der Waals surface area contributed by atoms with Gasteiger partial charge in [0.05, 0.1) is 0 Å². The second-order valence-electron chi connectivity index (χ2n) is 8.40. The van der Waals surface area contributed by atoms with E-state index in [0.717, 1.165) is 44.9 Å². The first kappa shape index (κ1) is 15.5. The summed E-state index contributed by atoms with van der Waals surface area (Å²) in [7, 11) is 0. The third-order valence-electron chi connectivity index (χ3n) is 8.02. The van der Waals surface area contributed by atoms with Crippen LogP contribution >= 0.6 is 0 Å². The topological polar surface area (TPSA) is 37.3 Å². The van der Waals surface area contributed by atoms with Crippen LogP contribution in [0.5, 0.6) is 0 Å². The molecule has 3 fully saturated rings. The monoisotopic (exact) mass is 312 g/mol. The van der Waals surface area contributed by atoms with Crippen LogP contribution in [0.4, 0.5) is 0 Å². The van der Waals surface area contributed by atoms with Gasteiger partial charge in [0.15, 0.2) is 5.78 Å². The number of terminal acetylenes is 1. The molecule has 0 bridgehead atoms. The molecule has 0 aromatic heterocycles. The molecule has 0 radical (unpaired) electrons. The smallest absolute Gasteiger partial charge is 0.155 e. The summed E-state index contributed by atoms with van der Waals surface area (Å²) in [5.41, 5.74) is 0.474. The Morgan fingerprint density at radius 3 is 2.78 bits per heavy atom. The molecule has 0 aromatic carbocycles. The molecule has 23 heavy (non-hydrogen) atoms. The summed E-state index contributed by atoms with van der Waals surface area (Å²) in [6.07, 6.45) is 16.9. The zero-order chi connectivity index (χ0) is 16.2. The van der Waals surface area contributed by atoms with Crippen LogP contribution in [0.3, 0.4) is 0 Å². The third-order valence-corrected chi connectivity index (χ3v) is 8.02. The van der Waals surface area contributed by atoms with Crippen molar-refractivity contribution in [3.05, 3.63) is 11.6 Å². The lowest BCUT2D eigenvalue weighted by molar-refractivity contribution is -0.117. The minimum atomic E-state index is -0.893. The zero-order valence-electron chi connectivity index (χ0n) is 14.2. The van der Waals surface area contributed by atoms with Gasteiger partial charge in [-0.1, -0.05) is 18.4 Å². The molecular formula is C21H28O2. The number of hydrogen-bond acceptors (Lipinski definition) is 2. The van der Waals surface area contributed by atoms with Gasteiger partial charge in [-0.25, -0.2) is 0 Å². The standard InChI is InChI=1S/C21H28O2/c1-3-20-11-9-17-16-8-6-15(22)13-14(16)5-7-18(17)19(20)10-12-21(20,23)4-2/h2,13,16-19,23H,3,5-12H2,1H3/t16-,17?,18?,19?,20-,21-/m0/s1. The average molecular weight is 312 g/mol. The van der Waals surface area contributed by atoms with Crippen molar-refractivity contribution in [3.8, 4) is 12.3 Å². The molecule has 3 saturated carbocycles. The highest BCUT2D eigenvalue weighted by Crippen LogP contribution is 2.66. The van der Waals surface area contributed by atoms with Crippen LogP contribution < -0.4 is 0 Å². The fourth-order valence-electron chi connectivity index (χ4n) is 6.96. The Balaban J connectivity index is 1.67. The highest BCUT2D eigenvalue weighted by Gasteiger charge is 2.63. The summed E-state index contributed by atoms with van der Waals surface area (Å²) in [5, 5.41) is 11.1. The van der Waals surface area contributed by atoms with Gasteiger partial charge in [0.2, 0.25) is 0 Å². The van der Waals surface area contributed by atoms with Crippen molar-refractivity contribution in [2.24, 2.45) is 29.1 Å². The number of aliphatic hydroxyl groups is 1. The van der Waals surface area contributed by atoms with E-state index in [2.05, 4.69) is 12.8 Å². The van der Waals surface area contributed by atoms with Crippen molar-refractivity contribution < 1.29 is 9.90 Å². The molecule has 4 aliphatic rings. The van der Waals surface area contributed by atoms with Crippen molar-refractivity contribution in [2.45, 2.75) is 70.3 Å². The lowest BCUT2D eigenvalue weighted by atomic mass is 9.49. The number of carbonyl (C=O) groups is 1. The van der Waals surface area contributed by atoms with Gasteiger partial charge in [0.25, 0.3) is 0 Å². The van der Waals surface area contributed by atoms with Crippen LogP contribution in [0.25, 0.3) is 0 Å². The van der Waals surface area contributed by atoms with Gasteiger partial charge < -0.3 is 5.11 Å². The lowest BCUT2D eigenvalue weighted by Gasteiger charge is -2.55. The van der Waals surface area contributed by atoms with Gasteiger partial charge in [-0.2, -0.15) is 0 Å². The van der Waals surface area contributed by atoms with Crippen molar-refractivity contribution >= 4 is 5.78 Å². The molecule has 1 N–H and O–H groups in total. The van der Waals surface area contributed by atoms with Crippen LogP contribution in [-0.2, 0) is 4.79 Å². The van der Waals surface area contributed by atoms with Crippen LogP contribution in [0, 0.1) is 41.4 Å². The maximum absolute atomic E-state index is 11.8. The average Bonchev–Trinajstić information content (AvgIpc) is 2.88. The molecule has 6 atom stereocenters. The molecule has 2 heteroatoms. The van der Waals surface area contributed by atoms with Crippen LogP contribution in [0.1, 0.15) is 64.7 Å². The largest absolute Gasteiger partial charge is 0.377 e. The van der Waals surface area contributed by atoms with Gasteiger partial charge in [-0.3, -0.25) is 4.79 Å². The molecule has 0 amide bonds. The number of rotatable bonds is 1. The maximum atomic E-state index is 11.8. The fraction of sp³-hybridized carbons (Fsp3) is 0.762. The second kappa shape index (κ2) is 5.21. The van der Waals surface area contributed by atoms with E-state index in [4.69, 9.17) is 6.42 Å². The molecule has 0 heterocycles. The van der Waals surface area contributed by atoms with Crippen LogP contribution in [0.15, 0.2) is 11.6 Å². The molecule has 4 aliphatic carbocycles. The van der Waals surface area contributed by atoms with E-state index in [1.54, 1.807) is 0 Å². The minimum Gasteiger partial charge on any atom is -0.377 e. The molecule has 3 unspecified atom stereocenters. The van der Waals surface area contributed by atoms with Gasteiger partial charge >= 0.3 is 0 Å². The van der Waals surface area contributed by atoms with Crippen molar-refractivity contribution in [1.29, 1.82) is 0 Å². The normalized spacial score (nSPS) is 48.7. The summed E-state index contributed by atoms with van der Waals surface area (Å²) >= 11 is 0. The van der Waals surface area contributed by atoms with Gasteiger partial charge in [0.1, 0.15) is 5.60 Å². The second-order valence-corrected chi connectivity index (χ2v) is 8.40. The van der Waals surface area contributed by atoms with E-state index in [-0.39, 0.29) is 5.41 Å². The molecule has 2 nitrogen and oxygen atoms in total. The van der Waals surface area contributed by atoms with E-state index in [0.29, 0.717) is 29.5 Å². The molecule has 0 saturated heterocycles. The Labute approximate surface area is 139 Å². The Kier molecular flexibility index (Phi) is 3.50. The van der Waals surface area contributed by atoms with Crippen LogP contribution in [0.2, 0.25) is 0 Å². The van der Waals surface area contributed by atoms with Crippen molar-refractivity contribution in [2.75, 3.05) is 0 Å². The summed E-state index contributed by atoms with van der Waals surface area (Å²) < 4.78 is 0. The van der Waals surface area contributed by atoms with Crippen molar-refractivity contribution in [1.82, 2.24) is 0 Å². The van der Waals surface area contributed by atoms with Crippen molar-refractivity contribution in [3.63, 3.8) is 0 Å². The number of hydrogen-bond donors (Lipinski definition) is 1. The Bertz CT molecular complexity index is 597. The number of allylic oxidation sites excluding steroid dienone is 1. The molecular weight excluding hydrogens is 284 g/mol. The molecule has 4 rings (SSSR count). The van der Waals surface area contributed by atoms with E-state index in [9.17, 15) is 9.90 Å². The SMILES string of the molecule is C#C[C@]1(O)CCC2C3CCC4=CC(=O)CC[C@@H]4C3CC[C@@]21CC. The lowest BCUT2D eigenvalue weighted by Crippen LogP contribution is -2.53. The van der Waals surface area contributed by atoms with E-state index in [1.807, 2.05) is 6.08 Å². The highest BCUT2D eigenvalue weighted by atomic mass is 16.3. The van der Waals surface area contributed by atoms with Gasteiger partial charge in [-0.15, -0.1) is 6.42 Å². The van der Waals surface area contributed by atoms with Crippen LogP contribution in [-0.4, -0.2) is 16.5 Å². The summed E-state index contributed by atoms with van der Waals surface area (Å²) in [4.78, 5) is 11.8. The summed E-state index contributed by atoms with van der Waals surface area (Å²) in [6, 6.07) is 0. The van der Waals surface area contributed by atoms with Gasteiger partial charge in [0, 0.05) is 11.8 Å². The summed E-state index contributed by atoms with van der Waals surface area (Å²) in [5.74, 6) is 5.73. The molecule has 124 valence electrons. The maximum Gasteiger partial charge on any atom is 0.155 e. The molecule has 0 spiro atoms.